The predicted molar refractivity (Wildman–Crippen MR) is 62.9 cm³/mol. The summed E-state index contributed by atoms with van der Waals surface area (Å²) in [5, 5.41) is 8.48. The van der Waals surface area contributed by atoms with Crippen LogP contribution in [0.25, 0.3) is 0 Å². The lowest BCUT2D eigenvalue weighted by atomic mass is 10.1. The maximum atomic E-state index is 10.9. The number of nitrogens with two attached hydrogens (primary N) is 2. The van der Waals surface area contributed by atoms with Gasteiger partial charge in [0, 0.05) is 19.2 Å². The topological polar surface area (TPSA) is 96.1 Å². The van der Waals surface area contributed by atoms with E-state index in [1.54, 1.807) is 18.2 Å². The number of benzene rings is 1. The second-order valence-corrected chi connectivity index (χ2v) is 3.47. The van der Waals surface area contributed by atoms with Crippen LogP contribution in [0.2, 0.25) is 0 Å². The molecule has 84 valence electrons. The Labute approximate surface area is 94.2 Å². The van der Waals surface area contributed by atoms with E-state index in [0.717, 1.165) is 5.69 Å². The van der Waals surface area contributed by atoms with E-state index in [-0.39, 0.29) is 0 Å². The van der Waals surface area contributed by atoms with Crippen LogP contribution in [0.15, 0.2) is 18.2 Å². The van der Waals surface area contributed by atoms with Gasteiger partial charge in [0.05, 0.1) is 23.9 Å². The number of carbonyl (C=O) groups is 1. The fraction of sp³-hybridized carbons (Fsp3) is 0.273. The Kier molecular flexibility index (Phi) is 3.72. The monoisotopic (exact) mass is 218 g/mol. The molecule has 0 atom stereocenters. The fourth-order valence-corrected chi connectivity index (χ4v) is 1.39. The van der Waals surface area contributed by atoms with Crippen LogP contribution in [0, 0.1) is 11.3 Å². The van der Waals surface area contributed by atoms with Gasteiger partial charge in [0.2, 0.25) is 5.91 Å². The van der Waals surface area contributed by atoms with Gasteiger partial charge in [-0.15, -0.1) is 0 Å². The average Bonchev–Trinajstić information content (AvgIpc) is 2.25. The summed E-state index contributed by atoms with van der Waals surface area (Å²) < 4.78 is 0. The van der Waals surface area contributed by atoms with Crippen LogP contribution < -0.4 is 16.4 Å². The van der Waals surface area contributed by atoms with E-state index in [2.05, 4.69) is 6.07 Å². The van der Waals surface area contributed by atoms with Gasteiger partial charge in [-0.2, -0.15) is 5.26 Å². The number of carbonyl (C=O) groups excluding carboxylic acids is 1. The number of nitrogen functional groups attached to an aromatic ring is 1. The van der Waals surface area contributed by atoms with Crippen LogP contribution in [0.4, 0.5) is 11.4 Å². The van der Waals surface area contributed by atoms with E-state index in [1.165, 1.54) is 0 Å². The molecule has 1 aromatic carbocycles. The van der Waals surface area contributed by atoms with Crippen molar-refractivity contribution in [3.63, 3.8) is 0 Å². The van der Waals surface area contributed by atoms with E-state index >= 15 is 0 Å². The minimum atomic E-state index is -0.502. The summed E-state index contributed by atoms with van der Waals surface area (Å²) in [5.74, 6) is -0.502. The summed E-state index contributed by atoms with van der Waals surface area (Å²) in [5.41, 5.74) is 12.6. The molecule has 16 heavy (non-hydrogen) atoms. The Hall–Kier alpha value is -2.22. The molecule has 0 heterocycles. The molecule has 0 bridgehead atoms. The first-order valence-electron chi connectivity index (χ1n) is 4.83. The van der Waals surface area contributed by atoms with Crippen molar-refractivity contribution in [1.82, 2.24) is 0 Å². The second-order valence-electron chi connectivity index (χ2n) is 3.47. The number of rotatable bonds is 4. The van der Waals surface area contributed by atoms with E-state index in [9.17, 15) is 4.79 Å². The summed E-state index contributed by atoms with van der Waals surface area (Å²) in [6, 6.07) is 6.95. The molecule has 0 aliphatic heterocycles. The van der Waals surface area contributed by atoms with Crippen LogP contribution in [0.3, 0.4) is 0 Å². The van der Waals surface area contributed by atoms with E-state index in [1.807, 2.05) is 11.9 Å². The molecule has 1 rings (SSSR count). The minimum absolute atomic E-state index is 0.384. The first-order valence-corrected chi connectivity index (χ1v) is 4.83. The van der Waals surface area contributed by atoms with Crippen LogP contribution in [0.1, 0.15) is 16.8 Å². The largest absolute Gasteiger partial charge is 0.397 e. The number of nitrogens with zero attached hydrogens (tertiary/aromatic N) is 2. The molecule has 5 heteroatoms. The van der Waals surface area contributed by atoms with Gasteiger partial charge in [-0.3, -0.25) is 4.79 Å². The maximum absolute atomic E-state index is 10.9. The van der Waals surface area contributed by atoms with Crippen molar-refractivity contribution >= 4 is 17.3 Å². The normalized spacial score (nSPS) is 9.50. The smallest absolute Gasteiger partial charge is 0.248 e. The van der Waals surface area contributed by atoms with Crippen molar-refractivity contribution in [3.05, 3.63) is 23.8 Å². The zero-order chi connectivity index (χ0) is 12.1. The summed E-state index contributed by atoms with van der Waals surface area (Å²) in [6.07, 6.45) is 0.424. The zero-order valence-electron chi connectivity index (χ0n) is 9.10. The Morgan fingerprint density at radius 2 is 2.25 bits per heavy atom. The number of hydrogen-bond donors (Lipinski definition) is 2. The highest BCUT2D eigenvalue weighted by molar-refractivity contribution is 5.94. The molecular formula is C11H14N4O. The Morgan fingerprint density at radius 1 is 1.56 bits per heavy atom. The summed E-state index contributed by atoms with van der Waals surface area (Å²) in [7, 11) is 1.84. The van der Waals surface area contributed by atoms with Gasteiger partial charge in [-0.05, 0) is 18.2 Å². The summed E-state index contributed by atoms with van der Waals surface area (Å²) in [6.45, 7) is 0.594. The molecule has 0 unspecified atom stereocenters. The molecule has 4 N–H and O–H groups in total. The van der Waals surface area contributed by atoms with E-state index in [4.69, 9.17) is 16.7 Å². The van der Waals surface area contributed by atoms with E-state index < -0.39 is 5.91 Å². The molecule has 0 aromatic heterocycles. The number of amides is 1. The van der Waals surface area contributed by atoms with Crippen LogP contribution in [0.5, 0.6) is 0 Å². The Morgan fingerprint density at radius 3 is 2.75 bits per heavy atom. The zero-order valence-corrected chi connectivity index (χ0v) is 9.10. The molecule has 0 aliphatic rings. The van der Waals surface area contributed by atoms with Crippen molar-refractivity contribution in [2.24, 2.45) is 5.73 Å². The molecule has 0 radical (unpaired) electrons. The van der Waals surface area contributed by atoms with Crippen molar-refractivity contribution in [1.29, 1.82) is 5.26 Å². The molecule has 0 spiro atoms. The van der Waals surface area contributed by atoms with Crippen molar-refractivity contribution in [2.75, 3.05) is 24.2 Å². The molecule has 0 fully saturated rings. The van der Waals surface area contributed by atoms with Gasteiger partial charge in [0.25, 0.3) is 0 Å². The number of anilines is 2. The van der Waals surface area contributed by atoms with Gasteiger partial charge in [-0.1, -0.05) is 0 Å². The molecule has 0 saturated carbocycles. The first-order chi connectivity index (χ1) is 7.56. The van der Waals surface area contributed by atoms with Crippen LogP contribution in [-0.2, 0) is 0 Å². The quantitative estimate of drug-likeness (QED) is 0.727. The highest BCUT2D eigenvalue weighted by Gasteiger charge is 2.08. The molecule has 1 amide bonds. The average molecular weight is 218 g/mol. The molecule has 0 aliphatic carbocycles. The molecule has 5 nitrogen and oxygen atoms in total. The van der Waals surface area contributed by atoms with Crippen LogP contribution >= 0.6 is 0 Å². The third-order valence-corrected chi connectivity index (χ3v) is 2.28. The van der Waals surface area contributed by atoms with Crippen molar-refractivity contribution in [3.8, 4) is 6.07 Å². The SMILES string of the molecule is CN(CCC#N)c1ccc(C(N)=O)cc1N. The Balaban J connectivity index is 2.91. The minimum Gasteiger partial charge on any atom is -0.397 e. The number of nitriles is 1. The Bertz CT molecular complexity index is 436. The van der Waals surface area contributed by atoms with Gasteiger partial charge < -0.3 is 16.4 Å². The lowest BCUT2D eigenvalue weighted by Gasteiger charge is -2.19. The highest BCUT2D eigenvalue weighted by Crippen LogP contribution is 2.23. The van der Waals surface area contributed by atoms with Gasteiger partial charge in [0.15, 0.2) is 0 Å². The van der Waals surface area contributed by atoms with Gasteiger partial charge in [0.1, 0.15) is 0 Å². The second kappa shape index (κ2) is 5.03. The molecule has 0 saturated heterocycles. The van der Waals surface area contributed by atoms with Gasteiger partial charge in [-0.25, -0.2) is 0 Å². The lowest BCUT2D eigenvalue weighted by molar-refractivity contribution is 0.100. The third kappa shape index (κ3) is 2.64. The number of hydrogen-bond acceptors (Lipinski definition) is 4. The van der Waals surface area contributed by atoms with Crippen molar-refractivity contribution in [2.45, 2.75) is 6.42 Å². The van der Waals surface area contributed by atoms with Gasteiger partial charge >= 0.3 is 0 Å². The summed E-state index contributed by atoms with van der Waals surface area (Å²) in [4.78, 5) is 12.8. The lowest BCUT2D eigenvalue weighted by Crippen LogP contribution is -2.20. The van der Waals surface area contributed by atoms with Crippen molar-refractivity contribution < 1.29 is 4.79 Å². The highest BCUT2D eigenvalue weighted by atomic mass is 16.1. The third-order valence-electron chi connectivity index (χ3n) is 2.28. The maximum Gasteiger partial charge on any atom is 0.248 e. The fourth-order valence-electron chi connectivity index (χ4n) is 1.39. The number of primary amides is 1. The molecule has 1 aromatic rings. The van der Waals surface area contributed by atoms with Crippen LogP contribution in [-0.4, -0.2) is 19.5 Å². The van der Waals surface area contributed by atoms with E-state index in [0.29, 0.717) is 24.2 Å². The first kappa shape index (κ1) is 11.9. The predicted octanol–water partition coefficient (Wildman–Crippen LogP) is 0.718. The standard InChI is InChI=1S/C11H14N4O/c1-15(6-2-5-12)10-4-3-8(11(14)16)7-9(10)13/h3-4,7H,2,6,13H2,1H3,(H2,14,16). The molecular weight excluding hydrogens is 204 g/mol. The summed E-state index contributed by atoms with van der Waals surface area (Å²) >= 11 is 0.